The number of rotatable bonds is 6. The number of phenols is 1. The first kappa shape index (κ1) is 17.2. The third-order valence-electron chi connectivity index (χ3n) is 4.07. The van der Waals surface area contributed by atoms with Gasteiger partial charge >= 0.3 is 5.97 Å². The molecule has 1 aromatic carbocycles. The van der Waals surface area contributed by atoms with Gasteiger partial charge < -0.3 is 20.6 Å². The number of benzene rings is 1. The fourth-order valence-electron chi connectivity index (χ4n) is 2.84. The number of piperidine rings is 1. The molecule has 0 aromatic heterocycles. The van der Waals surface area contributed by atoms with Crippen LogP contribution in [-0.4, -0.2) is 64.4 Å². The van der Waals surface area contributed by atoms with Crippen LogP contribution in [0, 0.1) is 0 Å². The third kappa shape index (κ3) is 4.67. The van der Waals surface area contributed by atoms with Crippen molar-refractivity contribution >= 4 is 11.9 Å². The third-order valence-corrected chi connectivity index (χ3v) is 4.07. The fraction of sp³-hybridized carbons (Fsp3) is 0.500. The number of nitrogens with one attached hydrogen (secondary N) is 1. The van der Waals surface area contributed by atoms with Crippen LogP contribution in [0.5, 0.6) is 5.75 Å². The molecule has 2 rings (SSSR count). The molecule has 1 atom stereocenters. The van der Waals surface area contributed by atoms with Crippen molar-refractivity contribution in [2.75, 3.05) is 26.2 Å². The SMILES string of the molecule is O=C(O)c1cc(O)cc(C(=O)NCCN2CCCCC2CO)c1. The molecule has 1 heterocycles. The Morgan fingerprint density at radius 3 is 2.65 bits per heavy atom. The number of carbonyl (C=O) groups excluding carboxylic acids is 1. The zero-order valence-corrected chi connectivity index (χ0v) is 12.9. The predicted molar refractivity (Wildman–Crippen MR) is 83.7 cm³/mol. The molecule has 1 aliphatic heterocycles. The van der Waals surface area contributed by atoms with Crippen molar-refractivity contribution in [1.82, 2.24) is 10.2 Å². The monoisotopic (exact) mass is 322 g/mol. The van der Waals surface area contributed by atoms with Crippen LogP contribution in [-0.2, 0) is 0 Å². The Labute approximate surface area is 134 Å². The summed E-state index contributed by atoms with van der Waals surface area (Å²) < 4.78 is 0. The molecule has 0 bridgehead atoms. The van der Waals surface area contributed by atoms with Crippen molar-refractivity contribution in [1.29, 1.82) is 0 Å². The largest absolute Gasteiger partial charge is 0.508 e. The van der Waals surface area contributed by atoms with Gasteiger partial charge in [0.25, 0.3) is 5.91 Å². The topological polar surface area (TPSA) is 110 Å². The molecule has 1 aliphatic rings. The summed E-state index contributed by atoms with van der Waals surface area (Å²) in [6.07, 6.45) is 3.15. The average Bonchev–Trinajstić information content (AvgIpc) is 2.54. The van der Waals surface area contributed by atoms with E-state index in [-0.39, 0.29) is 29.5 Å². The first-order chi connectivity index (χ1) is 11.0. The lowest BCUT2D eigenvalue weighted by atomic mass is 10.0. The summed E-state index contributed by atoms with van der Waals surface area (Å²) in [5.74, 6) is -1.89. The van der Waals surface area contributed by atoms with Gasteiger partial charge in [0.15, 0.2) is 0 Å². The zero-order chi connectivity index (χ0) is 16.8. The number of hydrogen-bond donors (Lipinski definition) is 4. The second kappa shape index (κ2) is 7.94. The fourth-order valence-corrected chi connectivity index (χ4v) is 2.84. The van der Waals surface area contributed by atoms with E-state index in [1.54, 1.807) is 0 Å². The highest BCUT2D eigenvalue weighted by molar-refractivity contribution is 5.98. The number of likely N-dealkylation sites (tertiary alicyclic amines) is 1. The van der Waals surface area contributed by atoms with E-state index < -0.39 is 11.9 Å². The number of aliphatic hydroxyl groups excluding tert-OH is 1. The summed E-state index contributed by atoms with van der Waals surface area (Å²) in [5.41, 5.74) is -0.0220. The molecule has 1 unspecified atom stereocenters. The molecule has 0 aliphatic carbocycles. The van der Waals surface area contributed by atoms with Gasteiger partial charge in [-0.1, -0.05) is 6.42 Å². The van der Waals surface area contributed by atoms with E-state index in [0.717, 1.165) is 31.9 Å². The first-order valence-electron chi connectivity index (χ1n) is 7.71. The Hall–Kier alpha value is -2.12. The van der Waals surface area contributed by atoms with Crippen molar-refractivity contribution in [2.45, 2.75) is 25.3 Å². The summed E-state index contributed by atoms with van der Waals surface area (Å²) in [5, 5.41) is 30.5. The molecule has 126 valence electrons. The number of carboxylic acid groups (broad SMARTS) is 1. The molecule has 0 radical (unpaired) electrons. The number of carboxylic acids is 1. The Bertz CT molecular complexity index is 576. The number of aromatic carboxylic acids is 1. The highest BCUT2D eigenvalue weighted by Crippen LogP contribution is 2.17. The summed E-state index contributed by atoms with van der Waals surface area (Å²) in [6, 6.07) is 3.70. The normalized spacial score (nSPS) is 18.6. The van der Waals surface area contributed by atoms with E-state index in [9.17, 15) is 19.8 Å². The highest BCUT2D eigenvalue weighted by atomic mass is 16.4. The lowest BCUT2D eigenvalue weighted by molar-refractivity contribution is 0.0696. The summed E-state index contributed by atoms with van der Waals surface area (Å²) in [4.78, 5) is 25.2. The minimum absolute atomic E-state index is 0.111. The Morgan fingerprint density at radius 1 is 1.22 bits per heavy atom. The van der Waals surface area contributed by atoms with E-state index in [1.807, 2.05) is 0 Å². The average molecular weight is 322 g/mol. The molecule has 1 amide bonds. The smallest absolute Gasteiger partial charge is 0.335 e. The molecule has 1 saturated heterocycles. The van der Waals surface area contributed by atoms with Gasteiger partial charge in [-0.2, -0.15) is 0 Å². The van der Waals surface area contributed by atoms with Crippen molar-refractivity contribution in [3.8, 4) is 5.75 Å². The first-order valence-corrected chi connectivity index (χ1v) is 7.71. The maximum atomic E-state index is 12.1. The summed E-state index contributed by atoms with van der Waals surface area (Å²) in [6.45, 7) is 2.04. The van der Waals surface area contributed by atoms with Gasteiger partial charge in [0.2, 0.25) is 0 Å². The molecule has 4 N–H and O–H groups in total. The molecule has 1 aromatic rings. The quantitative estimate of drug-likeness (QED) is 0.613. The molecular weight excluding hydrogens is 300 g/mol. The van der Waals surface area contributed by atoms with Crippen molar-refractivity contribution in [3.05, 3.63) is 29.3 Å². The van der Waals surface area contributed by atoms with E-state index in [0.29, 0.717) is 13.1 Å². The molecule has 23 heavy (non-hydrogen) atoms. The van der Waals surface area contributed by atoms with Crippen LogP contribution in [0.1, 0.15) is 40.0 Å². The van der Waals surface area contributed by atoms with Crippen molar-refractivity contribution in [2.24, 2.45) is 0 Å². The van der Waals surface area contributed by atoms with Crippen LogP contribution in [0.4, 0.5) is 0 Å². The number of aliphatic hydroxyl groups is 1. The number of aromatic hydroxyl groups is 1. The Morgan fingerprint density at radius 2 is 1.96 bits per heavy atom. The molecule has 1 fully saturated rings. The number of carbonyl (C=O) groups is 2. The Balaban J connectivity index is 1.91. The van der Waals surface area contributed by atoms with Crippen LogP contribution in [0.3, 0.4) is 0 Å². The molecule has 7 heteroatoms. The maximum Gasteiger partial charge on any atom is 0.335 e. The van der Waals surface area contributed by atoms with E-state index in [1.165, 1.54) is 12.1 Å². The van der Waals surface area contributed by atoms with Crippen LogP contribution >= 0.6 is 0 Å². The van der Waals surface area contributed by atoms with Crippen LogP contribution in [0.2, 0.25) is 0 Å². The maximum absolute atomic E-state index is 12.1. The Kier molecular flexibility index (Phi) is 5.95. The lowest BCUT2D eigenvalue weighted by Gasteiger charge is -2.34. The minimum atomic E-state index is -1.20. The van der Waals surface area contributed by atoms with Gasteiger partial charge in [-0.25, -0.2) is 4.79 Å². The highest BCUT2D eigenvalue weighted by Gasteiger charge is 2.21. The number of nitrogens with zero attached hydrogens (tertiary/aromatic N) is 1. The minimum Gasteiger partial charge on any atom is -0.508 e. The van der Waals surface area contributed by atoms with Crippen LogP contribution < -0.4 is 5.32 Å². The van der Waals surface area contributed by atoms with Gasteiger partial charge in [0, 0.05) is 24.7 Å². The number of amides is 1. The van der Waals surface area contributed by atoms with E-state index >= 15 is 0 Å². The van der Waals surface area contributed by atoms with E-state index in [2.05, 4.69) is 10.2 Å². The predicted octanol–water partition coefficient (Wildman–Crippen LogP) is 0.667. The molecule has 0 saturated carbocycles. The second-order valence-electron chi connectivity index (χ2n) is 5.70. The standard InChI is InChI=1S/C16H22N2O5/c19-10-13-3-1-2-5-18(13)6-4-17-15(21)11-7-12(16(22)23)9-14(20)8-11/h7-9,13,19-20H,1-6,10H2,(H,17,21)(H,22,23). The van der Waals surface area contributed by atoms with Crippen molar-refractivity contribution < 1.29 is 24.9 Å². The van der Waals surface area contributed by atoms with Gasteiger partial charge in [-0.05, 0) is 37.6 Å². The van der Waals surface area contributed by atoms with Gasteiger partial charge in [0.1, 0.15) is 5.75 Å². The van der Waals surface area contributed by atoms with Crippen molar-refractivity contribution in [3.63, 3.8) is 0 Å². The van der Waals surface area contributed by atoms with E-state index in [4.69, 9.17) is 5.11 Å². The zero-order valence-electron chi connectivity index (χ0n) is 12.9. The van der Waals surface area contributed by atoms with Crippen LogP contribution in [0.15, 0.2) is 18.2 Å². The molecular formula is C16H22N2O5. The number of phenolic OH excluding ortho intramolecular Hbond substituents is 1. The number of hydrogen-bond acceptors (Lipinski definition) is 5. The molecule has 0 spiro atoms. The summed E-state index contributed by atoms with van der Waals surface area (Å²) >= 11 is 0. The summed E-state index contributed by atoms with van der Waals surface area (Å²) in [7, 11) is 0. The molecule has 7 nitrogen and oxygen atoms in total. The van der Waals surface area contributed by atoms with Gasteiger partial charge in [-0.3, -0.25) is 9.69 Å². The van der Waals surface area contributed by atoms with Crippen LogP contribution in [0.25, 0.3) is 0 Å². The van der Waals surface area contributed by atoms with Gasteiger partial charge in [-0.15, -0.1) is 0 Å². The second-order valence-corrected chi connectivity index (χ2v) is 5.70. The van der Waals surface area contributed by atoms with Gasteiger partial charge in [0.05, 0.1) is 12.2 Å². The lowest BCUT2D eigenvalue weighted by Crippen LogP contribution is -2.45.